The normalized spacial score (nSPS) is 16.2. The van der Waals surface area contributed by atoms with Crippen molar-refractivity contribution < 1.29 is 19.4 Å². The maximum absolute atomic E-state index is 11.9. The Balaban J connectivity index is 0.00000191. The highest BCUT2D eigenvalue weighted by Gasteiger charge is 2.25. The van der Waals surface area contributed by atoms with Crippen molar-refractivity contribution in [2.24, 2.45) is 0 Å². The zero-order valence-electron chi connectivity index (χ0n) is 14.2. The van der Waals surface area contributed by atoms with Crippen LogP contribution in [0.3, 0.4) is 0 Å². The van der Waals surface area contributed by atoms with E-state index in [1.54, 1.807) is 4.90 Å². The van der Waals surface area contributed by atoms with Gasteiger partial charge in [0.05, 0.1) is 19.8 Å². The number of piperazine rings is 1. The van der Waals surface area contributed by atoms with Crippen LogP contribution in [0.4, 0.5) is 4.79 Å². The fourth-order valence-corrected chi connectivity index (χ4v) is 1.84. The van der Waals surface area contributed by atoms with Crippen LogP contribution in [-0.2, 0) is 9.47 Å². The van der Waals surface area contributed by atoms with Crippen molar-refractivity contribution in [2.45, 2.75) is 40.2 Å². The minimum Gasteiger partial charge on any atom is -0.444 e. The molecule has 0 saturated carbocycles. The van der Waals surface area contributed by atoms with Crippen molar-refractivity contribution in [1.29, 1.82) is 0 Å². The highest BCUT2D eigenvalue weighted by molar-refractivity contribution is 5.68. The fraction of sp³-hybridized carbons (Fsp3) is 0.933. The first kappa shape index (κ1) is 20.1. The van der Waals surface area contributed by atoms with Crippen LogP contribution >= 0.6 is 0 Å². The van der Waals surface area contributed by atoms with Crippen LogP contribution in [0, 0.1) is 0 Å². The summed E-state index contributed by atoms with van der Waals surface area (Å²) in [6.07, 6.45) is -0.233. The van der Waals surface area contributed by atoms with Gasteiger partial charge in [-0.15, -0.1) is 0 Å². The first-order valence-corrected chi connectivity index (χ1v) is 7.81. The van der Waals surface area contributed by atoms with E-state index in [2.05, 4.69) is 4.90 Å². The second-order valence-electron chi connectivity index (χ2n) is 5.65. The summed E-state index contributed by atoms with van der Waals surface area (Å²) in [4.78, 5) is 15.8. The third kappa shape index (κ3) is 9.66. The molecule has 1 rings (SSSR count). The van der Waals surface area contributed by atoms with Crippen LogP contribution in [0.1, 0.15) is 34.6 Å². The predicted octanol–water partition coefficient (Wildman–Crippen LogP) is 1.57. The minimum absolute atomic E-state index is 0.0619. The molecule has 21 heavy (non-hydrogen) atoms. The summed E-state index contributed by atoms with van der Waals surface area (Å²) in [5, 5.41) is 8.60. The van der Waals surface area contributed by atoms with E-state index in [1.165, 1.54) is 0 Å². The van der Waals surface area contributed by atoms with Crippen LogP contribution < -0.4 is 0 Å². The van der Waals surface area contributed by atoms with Gasteiger partial charge < -0.3 is 19.5 Å². The number of carbonyl (C=O) groups is 1. The van der Waals surface area contributed by atoms with Crippen LogP contribution in [0.2, 0.25) is 0 Å². The van der Waals surface area contributed by atoms with Crippen LogP contribution in [0.15, 0.2) is 0 Å². The van der Waals surface area contributed by atoms with Crippen molar-refractivity contribution in [3.8, 4) is 0 Å². The van der Waals surface area contributed by atoms with Gasteiger partial charge in [-0.05, 0) is 20.8 Å². The minimum atomic E-state index is -0.438. The molecule has 0 aromatic rings. The molecule has 1 saturated heterocycles. The maximum Gasteiger partial charge on any atom is 0.410 e. The lowest BCUT2D eigenvalue weighted by atomic mass is 10.2. The van der Waals surface area contributed by atoms with Crippen LogP contribution in [-0.4, -0.2) is 79.1 Å². The largest absolute Gasteiger partial charge is 0.444 e. The Morgan fingerprint density at radius 3 is 2.14 bits per heavy atom. The molecule has 0 aromatic carbocycles. The van der Waals surface area contributed by atoms with E-state index in [1.807, 2.05) is 34.6 Å². The Morgan fingerprint density at radius 1 is 1.10 bits per heavy atom. The third-order valence-electron chi connectivity index (χ3n) is 2.81. The SMILES string of the molecule is CC.CC(C)(C)OC(=O)N1CCN(CCOCCO)CC1. The van der Waals surface area contributed by atoms with E-state index in [0.29, 0.717) is 26.3 Å². The van der Waals surface area contributed by atoms with Crippen LogP contribution in [0.25, 0.3) is 0 Å². The van der Waals surface area contributed by atoms with Crippen molar-refractivity contribution in [3.63, 3.8) is 0 Å². The van der Waals surface area contributed by atoms with Crippen molar-refractivity contribution in [2.75, 3.05) is 52.5 Å². The van der Waals surface area contributed by atoms with Gasteiger partial charge in [-0.1, -0.05) is 13.8 Å². The first-order valence-electron chi connectivity index (χ1n) is 7.81. The molecule has 1 heterocycles. The molecule has 0 aromatic heterocycles. The van der Waals surface area contributed by atoms with E-state index >= 15 is 0 Å². The molecule has 1 aliphatic heterocycles. The van der Waals surface area contributed by atoms with Gasteiger partial charge in [-0.25, -0.2) is 4.79 Å². The highest BCUT2D eigenvalue weighted by atomic mass is 16.6. The van der Waals surface area contributed by atoms with E-state index in [-0.39, 0.29) is 12.7 Å². The molecular formula is C15H32N2O4. The molecule has 0 radical (unpaired) electrons. The van der Waals surface area contributed by atoms with E-state index in [4.69, 9.17) is 14.6 Å². The van der Waals surface area contributed by atoms with Crippen molar-refractivity contribution in [3.05, 3.63) is 0 Å². The number of hydrogen-bond donors (Lipinski definition) is 1. The Kier molecular flexibility index (Phi) is 10.4. The zero-order valence-corrected chi connectivity index (χ0v) is 14.2. The second-order valence-corrected chi connectivity index (χ2v) is 5.65. The molecular weight excluding hydrogens is 272 g/mol. The average Bonchev–Trinajstić information content (AvgIpc) is 2.44. The number of hydrogen-bond acceptors (Lipinski definition) is 5. The molecule has 0 bridgehead atoms. The summed E-state index contributed by atoms with van der Waals surface area (Å²) < 4.78 is 10.6. The van der Waals surface area contributed by atoms with Gasteiger partial charge in [0, 0.05) is 32.7 Å². The number of aliphatic hydroxyl groups excluding tert-OH is 1. The van der Waals surface area contributed by atoms with Gasteiger partial charge in [0.15, 0.2) is 0 Å². The van der Waals surface area contributed by atoms with Gasteiger partial charge in [-0.2, -0.15) is 0 Å². The standard InChI is InChI=1S/C13H26N2O4.C2H6/c1-13(2,3)19-12(17)15-6-4-14(5-7-15)8-10-18-11-9-16;1-2/h16H,4-11H2,1-3H3;1-2H3. The number of ether oxygens (including phenoxy) is 2. The average molecular weight is 304 g/mol. The monoisotopic (exact) mass is 304 g/mol. The molecule has 1 N–H and O–H groups in total. The van der Waals surface area contributed by atoms with Gasteiger partial charge in [0.1, 0.15) is 5.60 Å². The number of rotatable bonds is 5. The molecule has 0 aliphatic carbocycles. The van der Waals surface area contributed by atoms with Gasteiger partial charge in [0.25, 0.3) is 0 Å². The maximum atomic E-state index is 11.9. The van der Waals surface area contributed by atoms with Gasteiger partial charge in [0.2, 0.25) is 0 Å². The molecule has 0 unspecified atom stereocenters. The number of nitrogens with zero attached hydrogens (tertiary/aromatic N) is 2. The molecule has 0 atom stereocenters. The topological polar surface area (TPSA) is 62.2 Å². The number of amides is 1. The van der Waals surface area contributed by atoms with Crippen LogP contribution in [0.5, 0.6) is 0 Å². The predicted molar refractivity (Wildman–Crippen MR) is 83.5 cm³/mol. The van der Waals surface area contributed by atoms with Gasteiger partial charge >= 0.3 is 6.09 Å². The molecule has 126 valence electrons. The first-order chi connectivity index (χ1) is 9.92. The summed E-state index contributed by atoms with van der Waals surface area (Å²) in [7, 11) is 0. The summed E-state index contributed by atoms with van der Waals surface area (Å²) in [6.45, 7) is 14.6. The lowest BCUT2D eigenvalue weighted by Crippen LogP contribution is -2.50. The molecule has 6 heteroatoms. The quantitative estimate of drug-likeness (QED) is 0.781. The molecule has 6 nitrogen and oxygen atoms in total. The Morgan fingerprint density at radius 2 is 1.67 bits per heavy atom. The summed E-state index contributed by atoms with van der Waals surface area (Å²) in [6, 6.07) is 0. The number of aliphatic hydroxyl groups is 1. The Bertz CT molecular complexity index is 271. The van der Waals surface area contributed by atoms with E-state index in [9.17, 15) is 4.79 Å². The summed E-state index contributed by atoms with van der Waals surface area (Å²) >= 11 is 0. The van der Waals surface area contributed by atoms with E-state index < -0.39 is 5.60 Å². The lowest BCUT2D eigenvalue weighted by molar-refractivity contribution is 0.0105. The Labute approximate surface area is 129 Å². The smallest absolute Gasteiger partial charge is 0.410 e. The lowest BCUT2D eigenvalue weighted by Gasteiger charge is -2.35. The van der Waals surface area contributed by atoms with E-state index in [0.717, 1.165) is 19.6 Å². The fourth-order valence-electron chi connectivity index (χ4n) is 1.84. The van der Waals surface area contributed by atoms with Crippen molar-refractivity contribution in [1.82, 2.24) is 9.80 Å². The third-order valence-corrected chi connectivity index (χ3v) is 2.81. The molecule has 1 amide bonds. The zero-order chi connectivity index (χ0) is 16.3. The second kappa shape index (κ2) is 10.8. The molecule has 1 fully saturated rings. The highest BCUT2D eigenvalue weighted by Crippen LogP contribution is 2.11. The molecule has 1 aliphatic rings. The molecule has 0 spiro atoms. The van der Waals surface area contributed by atoms with Crippen molar-refractivity contribution >= 4 is 6.09 Å². The number of carbonyl (C=O) groups excluding carboxylic acids is 1. The Hall–Kier alpha value is -0.850. The van der Waals surface area contributed by atoms with Gasteiger partial charge in [-0.3, -0.25) is 4.90 Å². The summed E-state index contributed by atoms with van der Waals surface area (Å²) in [5.41, 5.74) is -0.438. The summed E-state index contributed by atoms with van der Waals surface area (Å²) in [5.74, 6) is 0.